The molecule has 2 rings (SSSR count). The molecule has 0 saturated heterocycles. The average Bonchev–Trinajstić information content (AvgIpc) is 2.84. The number of hydrogen-bond acceptors (Lipinski definition) is 4. The molecule has 0 aliphatic heterocycles. The summed E-state index contributed by atoms with van der Waals surface area (Å²) in [6.45, 7) is 0.268. The predicted molar refractivity (Wildman–Crippen MR) is 86.0 cm³/mol. The van der Waals surface area contributed by atoms with E-state index in [4.69, 9.17) is 5.14 Å². The Kier molecular flexibility index (Phi) is 4.78. The van der Waals surface area contributed by atoms with Crippen LogP contribution in [0.15, 0.2) is 40.6 Å². The normalized spacial score (nSPS) is 11.3. The molecule has 0 atom stereocenters. The van der Waals surface area contributed by atoms with E-state index in [0.29, 0.717) is 5.56 Å². The summed E-state index contributed by atoms with van der Waals surface area (Å²) in [5, 5.41) is 7.77. The number of benzene rings is 1. The molecular formula is C12H11IN2O3S2. The first-order valence-corrected chi connectivity index (χ1v) is 8.96. The van der Waals surface area contributed by atoms with Crippen LogP contribution in [0.5, 0.6) is 0 Å². The summed E-state index contributed by atoms with van der Waals surface area (Å²) >= 11 is 3.18. The first-order valence-electron chi connectivity index (χ1n) is 5.51. The smallest absolute Gasteiger partial charge is 0.251 e. The minimum atomic E-state index is -3.67. The van der Waals surface area contributed by atoms with Crippen LogP contribution in [0, 0.1) is 3.57 Å². The zero-order valence-corrected chi connectivity index (χ0v) is 14.0. The summed E-state index contributed by atoms with van der Waals surface area (Å²) in [5.41, 5.74) is 0.570. The van der Waals surface area contributed by atoms with Crippen LogP contribution in [0.25, 0.3) is 0 Å². The molecule has 0 bridgehead atoms. The third-order valence-electron chi connectivity index (χ3n) is 2.43. The third kappa shape index (κ3) is 4.01. The van der Waals surface area contributed by atoms with Crippen LogP contribution in [-0.2, 0) is 16.6 Å². The lowest BCUT2D eigenvalue weighted by Crippen LogP contribution is -2.22. The molecular weight excluding hydrogens is 411 g/mol. The lowest BCUT2D eigenvalue weighted by molar-refractivity contribution is 0.0951. The second-order valence-corrected chi connectivity index (χ2v) is 8.16. The molecule has 0 aliphatic rings. The Hall–Kier alpha value is -0.970. The van der Waals surface area contributed by atoms with Crippen molar-refractivity contribution in [2.24, 2.45) is 5.14 Å². The molecule has 1 aromatic carbocycles. The van der Waals surface area contributed by atoms with E-state index in [1.54, 1.807) is 24.3 Å². The first kappa shape index (κ1) is 15.4. The van der Waals surface area contributed by atoms with Crippen molar-refractivity contribution >= 4 is 49.9 Å². The lowest BCUT2D eigenvalue weighted by Gasteiger charge is -2.03. The molecule has 0 radical (unpaired) electrons. The first-order chi connectivity index (χ1) is 9.36. The molecule has 5 nitrogen and oxygen atoms in total. The van der Waals surface area contributed by atoms with Crippen molar-refractivity contribution in [2.75, 3.05) is 0 Å². The van der Waals surface area contributed by atoms with Gasteiger partial charge in [0.25, 0.3) is 5.91 Å². The van der Waals surface area contributed by atoms with Crippen LogP contribution in [0.1, 0.15) is 15.2 Å². The second kappa shape index (κ2) is 6.20. The van der Waals surface area contributed by atoms with Crippen LogP contribution in [0.2, 0.25) is 0 Å². The van der Waals surface area contributed by atoms with Crippen molar-refractivity contribution in [2.45, 2.75) is 10.8 Å². The van der Waals surface area contributed by atoms with E-state index < -0.39 is 10.0 Å². The molecule has 0 aliphatic carbocycles. The molecule has 0 fully saturated rings. The van der Waals surface area contributed by atoms with Gasteiger partial charge in [-0.25, -0.2) is 13.6 Å². The average molecular weight is 422 g/mol. The van der Waals surface area contributed by atoms with Gasteiger partial charge < -0.3 is 5.32 Å². The van der Waals surface area contributed by atoms with E-state index in [1.807, 2.05) is 6.07 Å². The highest BCUT2D eigenvalue weighted by atomic mass is 127. The Morgan fingerprint density at radius 1 is 1.30 bits per heavy atom. The van der Waals surface area contributed by atoms with Crippen molar-refractivity contribution in [3.05, 3.63) is 50.4 Å². The zero-order chi connectivity index (χ0) is 14.8. The highest BCUT2D eigenvalue weighted by Gasteiger charge is 2.12. The number of nitrogens with one attached hydrogen (secondary N) is 1. The molecule has 2 aromatic rings. The van der Waals surface area contributed by atoms with Crippen molar-refractivity contribution in [1.82, 2.24) is 5.32 Å². The molecule has 1 heterocycles. The van der Waals surface area contributed by atoms with E-state index in [-0.39, 0.29) is 16.7 Å². The Labute approximate surface area is 134 Å². The number of carbonyl (C=O) groups is 1. The second-order valence-electron chi connectivity index (χ2n) is 3.96. The Balaban J connectivity index is 2.02. The fourth-order valence-corrected chi connectivity index (χ4v) is 3.77. The quantitative estimate of drug-likeness (QED) is 0.739. The molecule has 20 heavy (non-hydrogen) atoms. The van der Waals surface area contributed by atoms with Crippen molar-refractivity contribution in [3.63, 3.8) is 0 Å². The summed E-state index contributed by atoms with van der Waals surface area (Å²) in [6, 6.07) is 10.3. The number of sulfonamides is 1. The van der Waals surface area contributed by atoms with Crippen LogP contribution >= 0.6 is 33.9 Å². The van der Waals surface area contributed by atoms with Gasteiger partial charge in [-0.2, -0.15) is 0 Å². The highest BCUT2D eigenvalue weighted by molar-refractivity contribution is 14.1. The van der Waals surface area contributed by atoms with Gasteiger partial charge in [-0.05, 0) is 52.9 Å². The van der Waals surface area contributed by atoms with Crippen molar-refractivity contribution in [1.29, 1.82) is 0 Å². The van der Waals surface area contributed by atoms with E-state index in [2.05, 4.69) is 27.9 Å². The maximum Gasteiger partial charge on any atom is 0.251 e. The number of carbonyl (C=O) groups excluding carboxylic acids is 1. The summed E-state index contributed by atoms with van der Waals surface area (Å²) in [6.07, 6.45) is 0. The van der Waals surface area contributed by atoms with Gasteiger partial charge >= 0.3 is 0 Å². The maximum atomic E-state index is 11.9. The molecule has 1 aromatic heterocycles. The largest absolute Gasteiger partial charge is 0.347 e. The van der Waals surface area contributed by atoms with Gasteiger partial charge in [-0.15, -0.1) is 11.3 Å². The fourth-order valence-electron chi connectivity index (χ4n) is 1.51. The van der Waals surface area contributed by atoms with Crippen LogP contribution in [0.4, 0.5) is 0 Å². The number of halogens is 1. The Morgan fingerprint density at radius 3 is 2.65 bits per heavy atom. The number of hydrogen-bond donors (Lipinski definition) is 2. The van der Waals surface area contributed by atoms with Gasteiger partial charge in [0.05, 0.1) is 6.54 Å². The van der Waals surface area contributed by atoms with E-state index in [9.17, 15) is 13.2 Å². The number of nitrogens with two attached hydrogens (primary N) is 1. The number of amides is 1. The van der Waals surface area contributed by atoms with E-state index >= 15 is 0 Å². The molecule has 0 spiro atoms. The van der Waals surface area contributed by atoms with Crippen LogP contribution < -0.4 is 10.5 Å². The van der Waals surface area contributed by atoms with Gasteiger partial charge in [0.15, 0.2) is 0 Å². The molecule has 106 valence electrons. The highest BCUT2D eigenvalue weighted by Crippen LogP contribution is 2.20. The van der Waals surface area contributed by atoms with Gasteiger partial charge in [0, 0.05) is 14.0 Å². The van der Waals surface area contributed by atoms with E-state index in [1.165, 1.54) is 6.07 Å². The van der Waals surface area contributed by atoms with Crippen molar-refractivity contribution in [3.8, 4) is 0 Å². The maximum absolute atomic E-state index is 11.9. The molecule has 0 unspecified atom stereocenters. The van der Waals surface area contributed by atoms with E-state index in [0.717, 1.165) is 19.8 Å². The van der Waals surface area contributed by atoms with Crippen LogP contribution in [0.3, 0.4) is 0 Å². The number of thiophene rings is 1. The Bertz CT molecular complexity index is 741. The summed E-state index contributed by atoms with van der Waals surface area (Å²) in [5.74, 6) is -0.200. The summed E-state index contributed by atoms with van der Waals surface area (Å²) < 4.78 is 23.4. The topological polar surface area (TPSA) is 89.3 Å². The number of primary sulfonamides is 1. The molecule has 8 heteroatoms. The van der Waals surface area contributed by atoms with Gasteiger partial charge in [-0.1, -0.05) is 6.07 Å². The monoisotopic (exact) mass is 422 g/mol. The third-order valence-corrected chi connectivity index (χ3v) is 5.62. The fraction of sp³-hybridized carbons (Fsp3) is 0.0833. The van der Waals surface area contributed by atoms with Crippen LogP contribution in [-0.4, -0.2) is 14.3 Å². The minimum absolute atomic E-state index is 0.0935. The van der Waals surface area contributed by atoms with Gasteiger partial charge in [0.1, 0.15) is 4.21 Å². The predicted octanol–water partition coefficient (Wildman–Crippen LogP) is 1.93. The minimum Gasteiger partial charge on any atom is -0.347 e. The number of rotatable bonds is 4. The molecule has 0 saturated carbocycles. The lowest BCUT2D eigenvalue weighted by atomic mass is 10.2. The van der Waals surface area contributed by atoms with Gasteiger partial charge in [0.2, 0.25) is 10.0 Å². The summed E-state index contributed by atoms with van der Waals surface area (Å²) in [7, 11) is -3.67. The standard InChI is InChI=1S/C12H11IN2O3S2/c13-9-3-1-2-8(6-9)12(16)15-7-10-4-5-11(19-10)20(14,17)18/h1-6H,7H2,(H,15,16)(H2,14,17,18). The summed E-state index contributed by atoms with van der Waals surface area (Å²) in [4.78, 5) is 12.7. The zero-order valence-electron chi connectivity index (χ0n) is 10.2. The van der Waals surface area contributed by atoms with Crippen molar-refractivity contribution < 1.29 is 13.2 Å². The SMILES string of the molecule is NS(=O)(=O)c1ccc(CNC(=O)c2cccc(I)c2)s1. The Morgan fingerprint density at radius 2 is 2.05 bits per heavy atom. The molecule has 3 N–H and O–H groups in total. The molecule has 1 amide bonds. The van der Waals surface area contributed by atoms with Gasteiger partial charge in [-0.3, -0.25) is 4.79 Å².